The number of hydrogen-bond donors (Lipinski definition) is 1. The van der Waals surface area contributed by atoms with E-state index in [0.717, 1.165) is 16.1 Å². The molecule has 0 bridgehead atoms. The Morgan fingerprint density at radius 2 is 1.62 bits per heavy atom. The molecular formula is C30H35Cl2N3O4S. The maximum absolute atomic E-state index is 14.1. The molecule has 1 N–H and O–H groups in total. The predicted molar refractivity (Wildman–Crippen MR) is 162 cm³/mol. The molecular weight excluding hydrogens is 569 g/mol. The zero-order chi connectivity index (χ0) is 29.4. The lowest BCUT2D eigenvalue weighted by atomic mass is 10.0. The van der Waals surface area contributed by atoms with Crippen LogP contribution in [0.3, 0.4) is 0 Å². The highest BCUT2D eigenvalue weighted by molar-refractivity contribution is 7.92. The van der Waals surface area contributed by atoms with Crippen molar-refractivity contribution in [3.63, 3.8) is 0 Å². The third kappa shape index (κ3) is 8.46. The first-order valence-corrected chi connectivity index (χ1v) is 15.6. The van der Waals surface area contributed by atoms with Crippen LogP contribution in [0.25, 0.3) is 0 Å². The van der Waals surface area contributed by atoms with E-state index >= 15 is 0 Å². The fourth-order valence-electron chi connectivity index (χ4n) is 4.27. The second-order valence-electron chi connectivity index (χ2n) is 9.84. The van der Waals surface area contributed by atoms with Crippen LogP contribution in [0, 0.1) is 6.92 Å². The molecule has 0 saturated carbocycles. The molecule has 0 saturated heterocycles. The van der Waals surface area contributed by atoms with Gasteiger partial charge < -0.3 is 10.2 Å². The van der Waals surface area contributed by atoms with E-state index in [9.17, 15) is 18.0 Å². The van der Waals surface area contributed by atoms with Crippen LogP contribution in [0.5, 0.6) is 0 Å². The number of carbonyl (C=O) groups excluding carboxylic acids is 2. The monoisotopic (exact) mass is 603 g/mol. The first-order chi connectivity index (χ1) is 18.9. The molecule has 3 aromatic rings. The molecule has 7 nitrogen and oxygen atoms in total. The highest BCUT2D eigenvalue weighted by atomic mass is 35.5. The number of halogens is 2. The molecule has 2 atom stereocenters. The lowest BCUT2D eigenvalue weighted by molar-refractivity contribution is -0.140. The SMILES string of the molecule is CC[C@@H](C)NC(=O)[C@H](Cc1ccccc1)N(Cc1ccc(Cl)cc1Cl)C(=O)CN(c1ccccc1C)S(C)(=O)=O. The van der Waals surface area contributed by atoms with E-state index in [4.69, 9.17) is 23.2 Å². The van der Waals surface area contributed by atoms with Crippen LogP contribution < -0.4 is 9.62 Å². The van der Waals surface area contributed by atoms with Gasteiger partial charge in [0.2, 0.25) is 21.8 Å². The molecule has 2 amide bonds. The van der Waals surface area contributed by atoms with Gasteiger partial charge in [0.05, 0.1) is 11.9 Å². The van der Waals surface area contributed by atoms with Crippen LogP contribution in [0.1, 0.15) is 37.0 Å². The van der Waals surface area contributed by atoms with Crippen molar-refractivity contribution >= 4 is 50.7 Å². The van der Waals surface area contributed by atoms with Gasteiger partial charge in [0.1, 0.15) is 12.6 Å². The van der Waals surface area contributed by atoms with Gasteiger partial charge in [-0.05, 0) is 55.2 Å². The van der Waals surface area contributed by atoms with Crippen LogP contribution in [0.2, 0.25) is 10.0 Å². The summed E-state index contributed by atoms with van der Waals surface area (Å²) < 4.78 is 26.9. The fraction of sp³-hybridized carbons (Fsp3) is 0.333. The van der Waals surface area contributed by atoms with Gasteiger partial charge in [-0.25, -0.2) is 8.42 Å². The Bertz CT molecular complexity index is 1430. The average Bonchev–Trinajstić information content (AvgIpc) is 2.90. The Hall–Kier alpha value is -3.07. The van der Waals surface area contributed by atoms with E-state index in [2.05, 4.69) is 5.32 Å². The highest BCUT2D eigenvalue weighted by Gasteiger charge is 2.34. The summed E-state index contributed by atoms with van der Waals surface area (Å²) in [6.07, 6.45) is 1.99. The van der Waals surface area contributed by atoms with Gasteiger partial charge in [-0.15, -0.1) is 0 Å². The first-order valence-electron chi connectivity index (χ1n) is 13.0. The van der Waals surface area contributed by atoms with Crippen molar-refractivity contribution in [2.45, 2.75) is 52.2 Å². The Morgan fingerprint density at radius 1 is 0.975 bits per heavy atom. The molecule has 0 aliphatic heterocycles. The number of para-hydroxylation sites is 1. The topological polar surface area (TPSA) is 86.8 Å². The molecule has 0 radical (unpaired) electrons. The molecule has 3 rings (SSSR count). The number of amides is 2. The molecule has 10 heteroatoms. The van der Waals surface area contributed by atoms with Crippen molar-refractivity contribution in [1.82, 2.24) is 10.2 Å². The van der Waals surface area contributed by atoms with E-state index in [1.54, 1.807) is 49.4 Å². The third-order valence-electron chi connectivity index (χ3n) is 6.69. The summed E-state index contributed by atoms with van der Waals surface area (Å²) in [5.41, 5.74) is 2.52. The fourth-order valence-corrected chi connectivity index (χ4v) is 5.64. The Labute approximate surface area is 247 Å². The van der Waals surface area contributed by atoms with Crippen molar-refractivity contribution in [3.8, 4) is 0 Å². The smallest absolute Gasteiger partial charge is 0.244 e. The lowest BCUT2D eigenvalue weighted by Gasteiger charge is -2.34. The van der Waals surface area contributed by atoms with E-state index in [1.807, 2.05) is 44.2 Å². The highest BCUT2D eigenvalue weighted by Crippen LogP contribution is 2.26. The van der Waals surface area contributed by atoms with Crippen LogP contribution in [0.15, 0.2) is 72.8 Å². The number of aryl methyl sites for hydroxylation is 1. The van der Waals surface area contributed by atoms with Gasteiger partial charge in [0.15, 0.2) is 0 Å². The van der Waals surface area contributed by atoms with E-state index in [1.165, 1.54) is 4.90 Å². The number of nitrogens with one attached hydrogen (secondary N) is 1. The summed E-state index contributed by atoms with van der Waals surface area (Å²) >= 11 is 12.6. The van der Waals surface area contributed by atoms with Crippen molar-refractivity contribution in [1.29, 1.82) is 0 Å². The van der Waals surface area contributed by atoms with Crippen molar-refractivity contribution < 1.29 is 18.0 Å². The summed E-state index contributed by atoms with van der Waals surface area (Å²) in [7, 11) is -3.84. The van der Waals surface area contributed by atoms with Crippen LogP contribution in [0.4, 0.5) is 5.69 Å². The molecule has 40 heavy (non-hydrogen) atoms. The Balaban J connectivity index is 2.10. The molecule has 0 unspecified atom stereocenters. The zero-order valence-electron chi connectivity index (χ0n) is 23.1. The summed E-state index contributed by atoms with van der Waals surface area (Å²) in [6.45, 7) is 5.12. The summed E-state index contributed by atoms with van der Waals surface area (Å²) in [5, 5.41) is 3.77. The molecule has 0 spiro atoms. The molecule has 0 fully saturated rings. The number of hydrogen-bond acceptors (Lipinski definition) is 4. The third-order valence-corrected chi connectivity index (χ3v) is 8.40. The van der Waals surface area contributed by atoms with Crippen molar-refractivity contribution in [2.24, 2.45) is 0 Å². The maximum atomic E-state index is 14.1. The van der Waals surface area contributed by atoms with E-state index in [0.29, 0.717) is 33.3 Å². The van der Waals surface area contributed by atoms with Crippen molar-refractivity contribution in [2.75, 3.05) is 17.1 Å². The van der Waals surface area contributed by atoms with Gasteiger partial charge in [-0.3, -0.25) is 13.9 Å². The Morgan fingerprint density at radius 3 is 2.23 bits per heavy atom. The quantitative estimate of drug-likeness (QED) is 0.291. The number of rotatable bonds is 12. The number of benzene rings is 3. The normalized spacial score (nSPS) is 12.8. The van der Waals surface area contributed by atoms with E-state index < -0.39 is 28.5 Å². The van der Waals surface area contributed by atoms with E-state index in [-0.39, 0.29) is 24.9 Å². The first kappa shape index (κ1) is 31.5. The number of carbonyl (C=O) groups is 2. The Kier molecular flexibility index (Phi) is 11.0. The van der Waals surface area contributed by atoms with Crippen LogP contribution in [-0.4, -0.2) is 50.0 Å². The molecule has 214 valence electrons. The molecule has 0 heterocycles. The maximum Gasteiger partial charge on any atom is 0.244 e. The largest absolute Gasteiger partial charge is 0.352 e. The molecule has 0 aromatic heterocycles. The summed E-state index contributed by atoms with van der Waals surface area (Å²) in [5.74, 6) is -0.877. The van der Waals surface area contributed by atoms with Gasteiger partial charge in [0.25, 0.3) is 0 Å². The second-order valence-corrected chi connectivity index (χ2v) is 12.6. The number of anilines is 1. The zero-order valence-corrected chi connectivity index (χ0v) is 25.4. The minimum atomic E-state index is -3.84. The standard InChI is InChI=1S/C30H35Cl2N3O4S/c1-5-22(3)33-30(37)28(17-23-12-7-6-8-13-23)34(19-24-15-16-25(31)18-26(24)32)29(36)20-35(40(4,38)39)27-14-10-9-11-21(27)2/h6-16,18,22,28H,5,17,19-20H2,1-4H3,(H,33,37)/t22-,28+/m1/s1. The molecule has 0 aliphatic rings. The average molecular weight is 605 g/mol. The lowest BCUT2D eigenvalue weighted by Crippen LogP contribution is -2.54. The van der Waals surface area contributed by atoms with Crippen molar-refractivity contribution in [3.05, 3.63) is 99.5 Å². The summed E-state index contributed by atoms with van der Waals surface area (Å²) in [6, 6.07) is 20.2. The minimum absolute atomic E-state index is 0.0222. The van der Waals surface area contributed by atoms with Gasteiger partial charge >= 0.3 is 0 Å². The van der Waals surface area contributed by atoms with Gasteiger partial charge in [-0.2, -0.15) is 0 Å². The van der Waals surface area contributed by atoms with Crippen LogP contribution in [-0.2, 0) is 32.6 Å². The van der Waals surface area contributed by atoms with Crippen LogP contribution >= 0.6 is 23.2 Å². The second kappa shape index (κ2) is 14.0. The molecule has 0 aliphatic carbocycles. The molecule has 3 aromatic carbocycles. The van der Waals surface area contributed by atoms with Gasteiger partial charge in [-0.1, -0.05) is 84.7 Å². The minimum Gasteiger partial charge on any atom is -0.352 e. The number of sulfonamides is 1. The predicted octanol–water partition coefficient (Wildman–Crippen LogP) is 5.62. The summed E-state index contributed by atoms with van der Waals surface area (Å²) in [4.78, 5) is 29.3. The number of nitrogens with zero attached hydrogens (tertiary/aromatic N) is 2. The van der Waals surface area contributed by atoms with Gasteiger partial charge in [0, 0.05) is 29.1 Å².